The molecule has 1 N–H and O–H groups in total. The molecule has 1 amide bonds. The van der Waals surface area contributed by atoms with E-state index < -0.39 is 0 Å². The number of nitrogens with zero attached hydrogens (tertiary/aromatic N) is 4. The number of nitrogens with one attached hydrogen (secondary N) is 1. The largest absolute Gasteiger partial charge is 0.325 e. The van der Waals surface area contributed by atoms with Crippen molar-refractivity contribution < 1.29 is 4.79 Å². The van der Waals surface area contributed by atoms with E-state index in [1.54, 1.807) is 24.2 Å². The third kappa shape index (κ3) is 5.28. The lowest BCUT2D eigenvalue weighted by atomic mass is 10.2. The second-order valence-electron chi connectivity index (χ2n) is 6.42. The number of aromatic nitrogens is 4. The molecule has 4 rings (SSSR count). The van der Waals surface area contributed by atoms with Gasteiger partial charge >= 0.3 is 0 Å². The number of anilines is 1. The molecule has 9 heteroatoms. The van der Waals surface area contributed by atoms with Crippen LogP contribution in [0.3, 0.4) is 0 Å². The molecule has 4 aromatic rings. The highest BCUT2D eigenvalue weighted by Crippen LogP contribution is 2.28. The van der Waals surface area contributed by atoms with Crippen LogP contribution in [0.25, 0.3) is 17.1 Å². The quantitative estimate of drug-likeness (QED) is 0.365. The van der Waals surface area contributed by atoms with Crippen LogP contribution in [-0.2, 0) is 4.79 Å². The van der Waals surface area contributed by atoms with E-state index in [4.69, 9.17) is 11.6 Å². The molecule has 0 fully saturated rings. The zero-order valence-corrected chi connectivity index (χ0v) is 18.9. The number of hydrogen-bond donors (Lipinski definition) is 1. The van der Waals surface area contributed by atoms with Crippen molar-refractivity contribution in [2.75, 3.05) is 17.3 Å². The van der Waals surface area contributed by atoms with E-state index in [1.807, 2.05) is 71.5 Å². The van der Waals surface area contributed by atoms with Crippen LogP contribution in [0.1, 0.15) is 0 Å². The number of benzene rings is 2. The topological polar surface area (TPSA) is 72.7 Å². The first-order chi connectivity index (χ1) is 15.1. The van der Waals surface area contributed by atoms with E-state index in [9.17, 15) is 4.79 Å². The van der Waals surface area contributed by atoms with Crippen LogP contribution in [0, 0.1) is 0 Å². The lowest BCUT2D eigenvalue weighted by Crippen LogP contribution is -2.14. The van der Waals surface area contributed by atoms with E-state index in [2.05, 4.69) is 20.5 Å². The standard InChI is InChI=1S/C22H18ClN5OS2/c1-30-19-4-2-3-17(13-19)25-20(29)14-31-22-27-26-21(15-9-11-24-12-10-15)28(22)18-7-5-16(23)6-8-18/h2-13H,14H2,1H3,(H,25,29). The van der Waals surface area contributed by atoms with Gasteiger partial charge in [-0.2, -0.15) is 0 Å². The highest BCUT2D eigenvalue weighted by atomic mass is 35.5. The molecule has 0 bridgehead atoms. The van der Waals surface area contributed by atoms with Crippen molar-refractivity contribution >= 4 is 46.7 Å². The monoisotopic (exact) mass is 467 g/mol. The summed E-state index contributed by atoms with van der Waals surface area (Å²) in [6.07, 6.45) is 5.42. The molecule has 0 saturated heterocycles. The van der Waals surface area contributed by atoms with Crippen molar-refractivity contribution in [3.05, 3.63) is 78.1 Å². The predicted molar refractivity (Wildman–Crippen MR) is 127 cm³/mol. The second kappa shape index (κ2) is 10.00. The van der Waals surface area contributed by atoms with Crippen molar-refractivity contribution in [1.29, 1.82) is 0 Å². The van der Waals surface area contributed by atoms with Crippen LogP contribution in [0.5, 0.6) is 0 Å². The Morgan fingerprint density at radius 2 is 1.84 bits per heavy atom. The number of carbonyl (C=O) groups excluding carboxylic acids is 1. The van der Waals surface area contributed by atoms with Gasteiger partial charge in [0.05, 0.1) is 5.75 Å². The van der Waals surface area contributed by atoms with E-state index in [-0.39, 0.29) is 11.7 Å². The molecule has 2 aromatic heterocycles. The van der Waals surface area contributed by atoms with Crippen molar-refractivity contribution in [2.45, 2.75) is 10.1 Å². The van der Waals surface area contributed by atoms with Crippen LogP contribution < -0.4 is 5.32 Å². The van der Waals surface area contributed by atoms with Crippen molar-refractivity contribution in [3.8, 4) is 17.1 Å². The Labute approximate surface area is 193 Å². The predicted octanol–water partition coefficient (Wildman–Crippen LogP) is 5.44. The first-order valence-corrected chi connectivity index (χ1v) is 11.9. The molecule has 0 saturated carbocycles. The third-order valence-electron chi connectivity index (χ3n) is 4.34. The van der Waals surface area contributed by atoms with Gasteiger partial charge in [-0.1, -0.05) is 29.4 Å². The SMILES string of the molecule is CSc1cccc(NC(=O)CSc2nnc(-c3ccncc3)n2-c2ccc(Cl)cc2)c1. The van der Waals surface area contributed by atoms with Gasteiger partial charge in [0.15, 0.2) is 11.0 Å². The molecule has 0 radical (unpaired) electrons. The summed E-state index contributed by atoms with van der Waals surface area (Å²) in [6, 6.07) is 18.9. The highest BCUT2D eigenvalue weighted by Gasteiger charge is 2.17. The van der Waals surface area contributed by atoms with Crippen LogP contribution in [0.4, 0.5) is 5.69 Å². The Bertz CT molecular complexity index is 1180. The Kier molecular flexibility index (Phi) is 6.91. The lowest BCUT2D eigenvalue weighted by Gasteiger charge is -2.11. The van der Waals surface area contributed by atoms with E-state index in [1.165, 1.54) is 11.8 Å². The van der Waals surface area contributed by atoms with E-state index >= 15 is 0 Å². The summed E-state index contributed by atoms with van der Waals surface area (Å²) in [7, 11) is 0. The van der Waals surface area contributed by atoms with E-state index in [0.717, 1.165) is 21.8 Å². The molecular formula is C22H18ClN5OS2. The number of halogens is 1. The Hall–Kier alpha value is -2.81. The van der Waals surface area contributed by atoms with Gasteiger partial charge in [-0.3, -0.25) is 14.3 Å². The molecule has 31 heavy (non-hydrogen) atoms. The maximum Gasteiger partial charge on any atom is 0.234 e. The Morgan fingerprint density at radius 1 is 1.06 bits per heavy atom. The van der Waals surface area contributed by atoms with Crippen LogP contribution in [-0.4, -0.2) is 37.7 Å². The van der Waals surface area contributed by atoms with Gasteiger partial charge in [0.2, 0.25) is 5.91 Å². The summed E-state index contributed by atoms with van der Waals surface area (Å²) in [5.74, 6) is 0.755. The fourth-order valence-electron chi connectivity index (χ4n) is 2.90. The van der Waals surface area contributed by atoms with Gasteiger partial charge in [0, 0.05) is 39.3 Å². The van der Waals surface area contributed by atoms with Crippen LogP contribution >= 0.6 is 35.1 Å². The number of pyridine rings is 1. The molecule has 0 aliphatic carbocycles. The normalized spacial score (nSPS) is 10.8. The van der Waals surface area contributed by atoms with Gasteiger partial charge in [0.25, 0.3) is 0 Å². The van der Waals surface area contributed by atoms with Gasteiger partial charge in [0.1, 0.15) is 0 Å². The minimum absolute atomic E-state index is 0.112. The maximum absolute atomic E-state index is 12.5. The molecule has 0 spiro atoms. The van der Waals surface area contributed by atoms with Gasteiger partial charge in [-0.25, -0.2) is 0 Å². The minimum Gasteiger partial charge on any atom is -0.325 e. The molecule has 2 heterocycles. The number of carbonyl (C=O) groups is 1. The minimum atomic E-state index is -0.112. The molecule has 156 valence electrons. The summed E-state index contributed by atoms with van der Waals surface area (Å²) < 4.78 is 1.91. The Balaban J connectivity index is 1.57. The number of hydrogen-bond acceptors (Lipinski definition) is 6. The average molecular weight is 468 g/mol. The molecule has 0 atom stereocenters. The fourth-order valence-corrected chi connectivity index (χ4v) is 4.24. The summed E-state index contributed by atoms with van der Waals surface area (Å²) >= 11 is 9.01. The molecule has 0 aliphatic rings. The van der Waals surface area contributed by atoms with Gasteiger partial charge in [-0.05, 0) is 60.9 Å². The highest BCUT2D eigenvalue weighted by molar-refractivity contribution is 7.99. The summed E-state index contributed by atoms with van der Waals surface area (Å²) in [5, 5.41) is 12.9. The van der Waals surface area contributed by atoms with Gasteiger partial charge in [-0.15, -0.1) is 22.0 Å². The van der Waals surface area contributed by atoms with Crippen LogP contribution in [0.15, 0.2) is 83.1 Å². The van der Waals surface area contributed by atoms with Gasteiger partial charge < -0.3 is 5.32 Å². The molecule has 0 aliphatic heterocycles. The second-order valence-corrected chi connectivity index (χ2v) is 8.68. The summed E-state index contributed by atoms with van der Waals surface area (Å²) in [6.45, 7) is 0. The summed E-state index contributed by atoms with van der Waals surface area (Å²) in [4.78, 5) is 17.7. The molecule has 6 nitrogen and oxygen atoms in total. The first-order valence-electron chi connectivity index (χ1n) is 9.32. The fraction of sp³-hybridized carbons (Fsp3) is 0.0909. The zero-order valence-electron chi connectivity index (χ0n) is 16.5. The van der Waals surface area contributed by atoms with E-state index in [0.29, 0.717) is 16.0 Å². The number of rotatable bonds is 7. The zero-order chi connectivity index (χ0) is 21.6. The lowest BCUT2D eigenvalue weighted by molar-refractivity contribution is -0.113. The molecule has 2 aromatic carbocycles. The average Bonchev–Trinajstić information content (AvgIpc) is 3.23. The number of amides is 1. The molecular weight excluding hydrogens is 450 g/mol. The number of thioether (sulfide) groups is 2. The maximum atomic E-state index is 12.5. The summed E-state index contributed by atoms with van der Waals surface area (Å²) in [5.41, 5.74) is 2.51. The van der Waals surface area contributed by atoms with Crippen molar-refractivity contribution in [1.82, 2.24) is 19.7 Å². The van der Waals surface area contributed by atoms with Crippen molar-refractivity contribution in [3.63, 3.8) is 0 Å². The molecule has 0 unspecified atom stereocenters. The van der Waals surface area contributed by atoms with Crippen molar-refractivity contribution in [2.24, 2.45) is 0 Å². The Morgan fingerprint density at radius 3 is 2.58 bits per heavy atom. The van der Waals surface area contributed by atoms with Crippen LogP contribution in [0.2, 0.25) is 5.02 Å². The third-order valence-corrected chi connectivity index (χ3v) is 6.25. The smallest absolute Gasteiger partial charge is 0.234 e. The first kappa shape index (κ1) is 21.4.